The van der Waals surface area contributed by atoms with E-state index < -0.39 is 0 Å². The van der Waals surface area contributed by atoms with Crippen LogP contribution in [0.25, 0.3) is 0 Å². The summed E-state index contributed by atoms with van der Waals surface area (Å²) in [5.74, 6) is 0.472. The van der Waals surface area contributed by atoms with E-state index in [-0.39, 0.29) is 18.5 Å². The number of rotatable bonds is 1. The smallest absolute Gasteiger partial charge is 0.0670 e. The SMILES string of the molecule is Cc1ccc([C@H]2CNC[C@@H](O)C2)cc1.Cl. The molecule has 2 nitrogen and oxygen atoms in total. The fourth-order valence-electron chi connectivity index (χ4n) is 2.01. The molecule has 0 aromatic heterocycles. The molecular weight excluding hydrogens is 210 g/mol. The summed E-state index contributed by atoms with van der Waals surface area (Å²) in [6, 6.07) is 8.60. The first-order valence-electron chi connectivity index (χ1n) is 5.21. The molecule has 0 bridgehead atoms. The maximum Gasteiger partial charge on any atom is 0.0670 e. The number of aliphatic hydroxyl groups is 1. The number of nitrogens with one attached hydrogen (secondary N) is 1. The van der Waals surface area contributed by atoms with E-state index in [1.54, 1.807) is 0 Å². The van der Waals surface area contributed by atoms with Gasteiger partial charge in [0.2, 0.25) is 0 Å². The Bertz CT molecular complexity index is 299. The van der Waals surface area contributed by atoms with Gasteiger partial charge in [-0.25, -0.2) is 0 Å². The second-order valence-corrected chi connectivity index (χ2v) is 4.16. The zero-order valence-electron chi connectivity index (χ0n) is 8.94. The summed E-state index contributed by atoms with van der Waals surface area (Å²) in [5.41, 5.74) is 2.62. The molecule has 1 aliphatic heterocycles. The van der Waals surface area contributed by atoms with Crippen LogP contribution >= 0.6 is 12.4 Å². The Morgan fingerprint density at radius 1 is 1.20 bits per heavy atom. The average molecular weight is 228 g/mol. The number of β-amino-alcohol motifs (C(OH)–C–C–N with tert-alkyl or cyclic N) is 1. The third kappa shape index (κ3) is 3.20. The monoisotopic (exact) mass is 227 g/mol. The van der Waals surface area contributed by atoms with Gasteiger partial charge in [0.25, 0.3) is 0 Å². The van der Waals surface area contributed by atoms with Gasteiger partial charge in [-0.05, 0) is 24.8 Å². The van der Waals surface area contributed by atoms with Gasteiger partial charge in [0.15, 0.2) is 0 Å². The molecule has 0 saturated carbocycles. The lowest BCUT2D eigenvalue weighted by atomic mass is 9.90. The zero-order chi connectivity index (χ0) is 9.97. The van der Waals surface area contributed by atoms with Gasteiger partial charge >= 0.3 is 0 Å². The summed E-state index contributed by atoms with van der Waals surface area (Å²) in [5, 5.41) is 12.8. The van der Waals surface area contributed by atoms with Crippen molar-refractivity contribution in [1.29, 1.82) is 0 Å². The fraction of sp³-hybridized carbons (Fsp3) is 0.500. The van der Waals surface area contributed by atoms with Crippen LogP contribution in [0.2, 0.25) is 0 Å². The number of halogens is 1. The molecular formula is C12H18ClNO. The zero-order valence-corrected chi connectivity index (χ0v) is 9.76. The molecule has 3 heteroatoms. The van der Waals surface area contributed by atoms with Crippen LogP contribution in [-0.4, -0.2) is 24.3 Å². The summed E-state index contributed by atoms with van der Waals surface area (Å²) < 4.78 is 0. The van der Waals surface area contributed by atoms with Gasteiger partial charge in [0, 0.05) is 13.1 Å². The van der Waals surface area contributed by atoms with Gasteiger partial charge in [0.05, 0.1) is 6.10 Å². The van der Waals surface area contributed by atoms with Gasteiger partial charge < -0.3 is 10.4 Å². The topological polar surface area (TPSA) is 32.3 Å². The van der Waals surface area contributed by atoms with Gasteiger partial charge in [-0.1, -0.05) is 29.8 Å². The van der Waals surface area contributed by atoms with E-state index in [1.165, 1.54) is 11.1 Å². The maximum atomic E-state index is 9.53. The molecule has 1 aromatic rings. The van der Waals surface area contributed by atoms with Crippen molar-refractivity contribution in [2.75, 3.05) is 13.1 Å². The second kappa shape index (κ2) is 5.50. The number of aryl methyl sites for hydroxylation is 1. The predicted octanol–water partition coefficient (Wildman–Crippen LogP) is 1.85. The maximum absolute atomic E-state index is 9.53. The lowest BCUT2D eigenvalue weighted by Crippen LogP contribution is -2.38. The van der Waals surface area contributed by atoms with E-state index in [1.807, 2.05) is 0 Å². The van der Waals surface area contributed by atoms with E-state index >= 15 is 0 Å². The highest BCUT2D eigenvalue weighted by atomic mass is 35.5. The minimum absolute atomic E-state index is 0. The third-order valence-corrected chi connectivity index (χ3v) is 2.88. The molecule has 15 heavy (non-hydrogen) atoms. The standard InChI is InChI=1S/C12H17NO.ClH/c1-9-2-4-10(5-3-9)11-6-12(14)8-13-7-11;/h2-5,11-14H,6-8H2,1H3;1H/t11-,12+;/m1./s1. The first-order valence-corrected chi connectivity index (χ1v) is 5.21. The Kier molecular flexibility index (Phi) is 4.58. The van der Waals surface area contributed by atoms with Crippen molar-refractivity contribution in [3.05, 3.63) is 35.4 Å². The summed E-state index contributed by atoms with van der Waals surface area (Å²) in [7, 11) is 0. The summed E-state index contributed by atoms with van der Waals surface area (Å²) in [6.07, 6.45) is 0.700. The molecule has 0 unspecified atom stereocenters. The molecule has 0 spiro atoms. The normalized spacial score (nSPS) is 25.7. The first-order chi connectivity index (χ1) is 6.75. The van der Waals surface area contributed by atoms with Crippen LogP contribution in [-0.2, 0) is 0 Å². The summed E-state index contributed by atoms with van der Waals surface area (Å²) in [6.45, 7) is 3.82. The van der Waals surface area contributed by atoms with Crippen LogP contribution in [0, 0.1) is 6.92 Å². The highest BCUT2D eigenvalue weighted by Crippen LogP contribution is 2.23. The molecule has 1 fully saturated rings. The molecule has 2 rings (SSSR count). The van der Waals surface area contributed by atoms with E-state index in [9.17, 15) is 5.11 Å². The Labute approximate surface area is 97.1 Å². The van der Waals surface area contributed by atoms with Crippen molar-refractivity contribution in [1.82, 2.24) is 5.32 Å². The van der Waals surface area contributed by atoms with E-state index in [2.05, 4.69) is 36.5 Å². The van der Waals surface area contributed by atoms with Gasteiger partial charge in [-0.15, -0.1) is 12.4 Å². The summed E-state index contributed by atoms with van der Waals surface area (Å²) >= 11 is 0. The van der Waals surface area contributed by atoms with Crippen LogP contribution in [0.3, 0.4) is 0 Å². The molecule has 0 radical (unpaired) electrons. The average Bonchev–Trinajstić information content (AvgIpc) is 2.19. The third-order valence-electron chi connectivity index (χ3n) is 2.88. The van der Waals surface area contributed by atoms with E-state index in [4.69, 9.17) is 0 Å². The number of hydrogen-bond donors (Lipinski definition) is 2. The molecule has 2 N–H and O–H groups in total. The largest absolute Gasteiger partial charge is 0.392 e. The number of piperidine rings is 1. The molecule has 2 atom stereocenters. The van der Waals surface area contributed by atoms with Crippen LogP contribution in [0.5, 0.6) is 0 Å². The number of hydrogen-bond acceptors (Lipinski definition) is 2. The van der Waals surface area contributed by atoms with Crippen LogP contribution in [0.15, 0.2) is 24.3 Å². The van der Waals surface area contributed by atoms with Crippen molar-refractivity contribution in [2.45, 2.75) is 25.4 Å². The van der Waals surface area contributed by atoms with Crippen molar-refractivity contribution >= 4 is 12.4 Å². The van der Waals surface area contributed by atoms with Gasteiger partial charge in [-0.3, -0.25) is 0 Å². The first kappa shape index (κ1) is 12.5. The van der Waals surface area contributed by atoms with Gasteiger partial charge in [0.1, 0.15) is 0 Å². The molecule has 1 aliphatic rings. The lowest BCUT2D eigenvalue weighted by molar-refractivity contribution is 0.132. The van der Waals surface area contributed by atoms with Crippen LogP contribution in [0.4, 0.5) is 0 Å². The van der Waals surface area contributed by atoms with Crippen molar-refractivity contribution in [3.63, 3.8) is 0 Å². The van der Waals surface area contributed by atoms with E-state index in [0.717, 1.165) is 19.5 Å². The molecule has 0 amide bonds. The summed E-state index contributed by atoms with van der Waals surface area (Å²) in [4.78, 5) is 0. The van der Waals surface area contributed by atoms with E-state index in [0.29, 0.717) is 5.92 Å². The van der Waals surface area contributed by atoms with Gasteiger partial charge in [-0.2, -0.15) is 0 Å². The predicted molar refractivity (Wildman–Crippen MR) is 64.7 cm³/mol. The molecule has 1 aromatic carbocycles. The van der Waals surface area contributed by atoms with Crippen molar-refractivity contribution < 1.29 is 5.11 Å². The van der Waals surface area contributed by atoms with Crippen molar-refractivity contribution in [3.8, 4) is 0 Å². The highest BCUT2D eigenvalue weighted by molar-refractivity contribution is 5.85. The Balaban J connectivity index is 0.00000112. The minimum atomic E-state index is -0.185. The Morgan fingerprint density at radius 3 is 2.47 bits per heavy atom. The van der Waals surface area contributed by atoms with Crippen LogP contribution in [0.1, 0.15) is 23.5 Å². The van der Waals surface area contributed by atoms with Crippen LogP contribution < -0.4 is 5.32 Å². The fourth-order valence-corrected chi connectivity index (χ4v) is 2.01. The number of aliphatic hydroxyl groups excluding tert-OH is 1. The van der Waals surface area contributed by atoms with Crippen molar-refractivity contribution in [2.24, 2.45) is 0 Å². The molecule has 1 heterocycles. The Hall–Kier alpha value is -0.570. The number of benzene rings is 1. The Morgan fingerprint density at radius 2 is 1.87 bits per heavy atom. The lowest BCUT2D eigenvalue weighted by Gasteiger charge is -2.27. The molecule has 0 aliphatic carbocycles. The second-order valence-electron chi connectivity index (χ2n) is 4.16. The minimum Gasteiger partial charge on any atom is -0.392 e. The molecule has 84 valence electrons. The highest BCUT2D eigenvalue weighted by Gasteiger charge is 2.20. The quantitative estimate of drug-likeness (QED) is 0.768. The molecule has 1 saturated heterocycles.